The van der Waals surface area contributed by atoms with Gasteiger partial charge in [0.2, 0.25) is 0 Å². The molecule has 1 heteroatoms. The predicted molar refractivity (Wildman–Crippen MR) is 94.5 cm³/mol. The minimum Gasteiger partial charge on any atom is -0.0889 e. The summed E-state index contributed by atoms with van der Waals surface area (Å²) in [5, 5.41) is 0. The average Bonchev–Trinajstić information content (AvgIpc) is 2.55. The van der Waals surface area contributed by atoms with Crippen LogP contribution >= 0.6 is 11.8 Å². The first-order chi connectivity index (χ1) is 10.2. The molecule has 2 aromatic carbocycles. The zero-order chi connectivity index (χ0) is 15.2. The topological polar surface area (TPSA) is 0 Å². The third-order valence-electron chi connectivity index (χ3n) is 4.08. The van der Waals surface area contributed by atoms with E-state index in [1.807, 2.05) is 11.8 Å². The smallest absolute Gasteiger partial charge is 0.0186 e. The maximum atomic E-state index is 2.28. The first-order valence-electron chi connectivity index (χ1n) is 8.14. The normalized spacial score (nSPS) is 10.9. The Morgan fingerprint density at radius 2 is 0.857 bits per heavy atom. The number of benzene rings is 2. The van der Waals surface area contributed by atoms with E-state index in [9.17, 15) is 0 Å². The molecule has 0 radical (unpaired) electrons. The molecule has 21 heavy (non-hydrogen) atoms. The summed E-state index contributed by atoms with van der Waals surface area (Å²) < 4.78 is 0. The number of hydrogen-bond donors (Lipinski definition) is 0. The molecule has 0 bridgehead atoms. The SMILES string of the molecule is CCc1cccc(CC)c1Sc1c(CC)cccc1CC. The number of aryl methyl sites for hydroxylation is 4. The van der Waals surface area contributed by atoms with Crippen molar-refractivity contribution in [2.45, 2.75) is 63.2 Å². The van der Waals surface area contributed by atoms with Gasteiger partial charge in [0, 0.05) is 9.79 Å². The maximum Gasteiger partial charge on any atom is 0.0186 e. The Labute approximate surface area is 134 Å². The molecule has 0 aliphatic heterocycles. The largest absolute Gasteiger partial charge is 0.0889 e. The van der Waals surface area contributed by atoms with Crippen LogP contribution < -0.4 is 0 Å². The second-order valence-corrected chi connectivity index (χ2v) is 6.35. The van der Waals surface area contributed by atoms with Crippen LogP contribution in [0.3, 0.4) is 0 Å². The lowest BCUT2D eigenvalue weighted by atomic mass is 10.1. The second-order valence-electron chi connectivity index (χ2n) is 5.33. The van der Waals surface area contributed by atoms with Crippen molar-refractivity contribution in [1.29, 1.82) is 0 Å². The fraction of sp³-hybridized carbons (Fsp3) is 0.400. The summed E-state index contributed by atoms with van der Waals surface area (Å²) in [5.74, 6) is 0. The fourth-order valence-corrected chi connectivity index (χ4v) is 4.33. The predicted octanol–water partition coefficient (Wildman–Crippen LogP) is 6.09. The van der Waals surface area contributed by atoms with Gasteiger partial charge in [-0.25, -0.2) is 0 Å². The van der Waals surface area contributed by atoms with Crippen LogP contribution in [0.2, 0.25) is 0 Å². The highest BCUT2D eigenvalue weighted by Gasteiger charge is 2.13. The summed E-state index contributed by atoms with van der Waals surface area (Å²) in [4.78, 5) is 2.97. The van der Waals surface area contributed by atoms with Gasteiger partial charge in [-0.05, 0) is 47.9 Å². The zero-order valence-electron chi connectivity index (χ0n) is 13.7. The van der Waals surface area contributed by atoms with Gasteiger partial charge in [0.25, 0.3) is 0 Å². The quantitative estimate of drug-likeness (QED) is 0.622. The van der Waals surface area contributed by atoms with E-state index in [0.29, 0.717) is 0 Å². The van der Waals surface area contributed by atoms with Crippen LogP contribution in [0.25, 0.3) is 0 Å². The van der Waals surface area contributed by atoms with Gasteiger partial charge < -0.3 is 0 Å². The van der Waals surface area contributed by atoms with Crippen molar-refractivity contribution >= 4 is 11.8 Å². The minimum atomic E-state index is 1.10. The zero-order valence-corrected chi connectivity index (χ0v) is 14.5. The van der Waals surface area contributed by atoms with Crippen molar-refractivity contribution in [2.75, 3.05) is 0 Å². The van der Waals surface area contributed by atoms with E-state index in [4.69, 9.17) is 0 Å². The monoisotopic (exact) mass is 298 g/mol. The van der Waals surface area contributed by atoms with Gasteiger partial charge in [0.1, 0.15) is 0 Å². The Bertz CT molecular complexity index is 501. The number of rotatable bonds is 6. The van der Waals surface area contributed by atoms with Crippen LogP contribution in [0.5, 0.6) is 0 Å². The highest BCUT2D eigenvalue weighted by molar-refractivity contribution is 7.99. The fourth-order valence-electron chi connectivity index (χ4n) is 2.75. The van der Waals surface area contributed by atoms with Crippen LogP contribution in [-0.2, 0) is 25.7 Å². The van der Waals surface area contributed by atoms with Crippen molar-refractivity contribution in [1.82, 2.24) is 0 Å². The Hall–Kier alpha value is -1.21. The first-order valence-corrected chi connectivity index (χ1v) is 8.96. The molecule has 0 nitrogen and oxygen atoms in total. The Morgan fingerprint density at radius 3 is 1.10 bits per heavy atom. The van der Waals surface area contributed by atoms with Gasteiger partial charge in [0.05, 0.1) is 0 Å². The average molecular weight is 298 g/mol. The third kappa shape index (κ3) is 3.52. The van der Waals surface area contributed by atoms with Gasteiger partial charge in [-0.2, -0.15) is 0 Å². The lowest BCUT2D eigenvalue weighted by Gasteiger charge is -2.17. The number of hydrogen-bond acceptors (Lipinski definition) is 1. The summed E-state index contributed by atoms with van der Waals surface area (Å²) in [5.41, 5.74) is 5.92. The Morgan fingerprint density at radius 1 is 0.571 bits per heavy atom. The molecule has 0 atom stereocenters. The van der Waals surface area contributed by atoms with Crippen LogP contribution in [0.15, 0.2) is 46.2 Å². The molecule has 0 aliphatic carbocycles. The second kappa shape index (κ2) is 7.70. The summed E-state index contributed by atoms with van der Waals surface area (Å²) in [7, 11) is 0. The molecule has 2 aromatic rings. The van der Waals surface area contributed by atoms with E-state index in [1.165, 1.54) is 32.0 Å². The lowest BCUT2D eigenvalue weighted by Crippen LogP contribution is -1.96. The van der Waals surface area contributed by atoms with Crippen LogP contribution in [0, 0.1) is 0 Å². The van der Waals surface area contributed by atoms with Gasteiger partial charge >= 0.3 is 0 Å². The van der Waals surface area contributed by atoms with E-state index in [2.05, 4.69) is 64.1 Å². The first kappa shape index (κ1) is 16.2. The molecule has 0 fully saturated rings. The van der Waals surface area contributed by atoms with Crippen molar-refractivity contribution < 1.29 is 0 Å². The van der Waals surface area contributed by atoms with Gasteiger partial charge in [-0.1, -0.05) is 75.9 Å². The molecule has 0 heterocycles. The molecule has 0 aromatic heterocycles. The summed E-state index contributed by atoms with van der Waals surface area (Å²) >= 11 is 1.99. The van der Waals surface area contributed by atoms with Gasteiger partial charge in [-0.15, -0.1) is 0 Å². The molecule has 112 valence electrons. The molecule has 0 amide bonds. The molecule has 2 rings (SSSR count). The van der Waals surface area contributed by atoms with Crippen molar-refractivity contribution in [3.8, 4) is 0 Å². The van der Waals surface area contributed by atoms with Crippen LogP contribution in [0.1, 0.15) is 49.9 Å². The van der Waals surface area contributed by atoms with Gasteiger partial charge in [0.15, 0.2) is 0 Å². The maximum absolute atomic E-state index is 2.28. The minimum absolute atomic E-state index is 1.10. The highest BCUT2D eigenvalue weighted by atomic mass is 32.2. The third-order valence-corrected chi connectivity index (χ3v) is 5.54. The van der Waals surface area contributed by atoms with Gasteiger partial charge in [-0.3, -0.25) is 0 Å². The highest BCUT2D eigenvalue weighted by Crippen LogP contribution is 2.38. The van der Waals surface area contributed by atoms with Crippen LogP contribution in [-0.4, -0.2) is 0 Å². The molecular weight excluding hydrogens is 272 g/mol. The molecule has 0 aliphatic rings. The van der Waals surface area contributed by atoms with Crippen LogP contribution in [0.4, 0.5) is 0 Å². The Kier molecular flexibility index (Phi) is 5.93. The van der Waals surface area contributed by atoms with Crippen molar-refractivity contribution in [3.63, 3.8) is 0 Å². The Balaban J connectivity index is 2.52. The van der Waals surface area contributed by atoms with E-state index < -0.39 is 0 Å². The summed E-state index contributed by atoms with van der Waals surface area (Å²) in [6.45, 7) is 9.02. The standard InChI is InChI=1S/C20H26S/c1-5-15-11-9-12-16(6-2)19(15)21-20-17(7-3)13-10-14-18(20)8-4/h9-14H,5-8H2,1-4H3. The van der Waals surface area contributed by atoms with Crippen molar-refractivity contribution in [3.05, 3.63) is 58.7 Å². The molecule has 0 spiro atoms. The molecule has 0 N–H and O–H groups in total. The summed E-state index contributed by atoms with van der Waals surface area (Å²) in [6.07, 6.45) is 4.41. The molecule has 0 saturated heterocycles. The molecule has 0 unspecified atom stereocenters. The van der Waals surface area contributed by atoms with Crippen molar-refractivity contribution in [2.24, 2.45) is 0 Å². The van der Waals surface area contributed by atoms with E-state index in [1.54, 1.807) is 0 Å². The van der Waals surface area contributed by atoms with E-state index in [-0.39, 0.29) is 0 Å². The summed E-state index contributed by atoms with van der Waals surface area (Å²) in [6, 6.07) is 13.5. The lowest BCUT2D eigenvalue weighted by molar-refractivity contribution is 0.988. The van der Waals surface area contributed by atoms with E-state index in [0.717, 1.165) is 25.7 Å². The van der Waals surface area contributed by atoms with E-state index >= 15 is 0 Å². The molecular formula is C20H26S. The molecule has 0 saturated carbocycles.